The summed E-state index contributed by atoms with van der Waals surface area (Å²) < 4.78 is 7.41. The van der Waals surface area contributed by atoms with E-state index in [0.29, 0.717) is 12.3 Å². The summed E-state index contributed by atoms with van der Waals surface area (Å²) in [5.74, 6) is 1.35. The molecule has 0 saturated carbocycles. The van der Waals surface area contributed by atoms with Gasteiger partial charge in [-0.15, -0.1) is 0 Å². The number of furan rings is 1. The molecule has 2 unspecified atom stereocenters. The minimum Gasteiger partial charge on any atom is -0.463 e. The Balaban J connectivity index is 1.77. The average molecular weight is 328 g/mol. The Labute approximate surface area is 141 Å². The monoisotopic (exact) mass is 328 g/mol. The minimum absolute atomic E-state index is 0.0222. The SMILES string of the molecule is Cc1cc2ncc(C(C)NCC(C)(O)c3ccc(C)o3)c(C)n2n1. The predicted octanol–water partition coefficient (Wildman–Crippen LogP) is 2.81. The quantitative estimate of drug-likeness (QED) is 0.753. The van der Waals surface area contributed by atoms with Crippen LogP contribution in [-0.4, -0.2) is 26.2 Å². The molecule has 0 amide bonds. The Morgan fingerprint density at radius 1 is 1.33 bits per heavy atom. The maximum Gasteiger partial charge on any atom is 0.155 e. The van der Waals surface area contributed by atoms with Gasteiger partial charge in [0.1, 0.15) is 17.1 Å². The molecular weight excluding hydrogens is 304 g/mol. The second kappa shape index (κ2) is 6.03. The van der Waals surface area contributed by atoms with E-state index in [1.165, 1.54) is 0 Å². The Kier molecular flexibility index (Phi) is 4.19. The van der Waals surface area contributed by atoms with Crippen LogP contribution in [0.3, 0.4) is 0 Å². The minimum atomic E-state index is -1.07. The van der Waals surface area contributed by atoms with Crippen molar-refractivity contribution in [1.29, 1.82) is 0 Å². The molecule has 2 atom stereocenters. The maximum absolute atomic E-state index is 10.6. The number of aromatic nitrogens is 3. The van der Waals surface area contributed by atoms with Crippen LogP contribution >= 0.6 is 0 Å². The van der Waals surface area contributed by atoms with E-state index in [-0.39, 0.29) is 6.04 Å². The average Bonchev–Trinajstić information content (AvgIpc) is 3.11. The Hall–Kier alpha value is -2.18. The smallest absolute Gasteiger partial charge is 0.155 e. The van der Waals surface area contributed by atoms with E-state index < -0.39 is 5.60 Å². The number of nitrogens with one attached hydrogen (secondary N) is 1. The lowest BCUT2D eigenvalue weighted by Crippen LogP contribution is -2.36. The molecule has 3 rings (SSSR count). The van der Waals surface area contributed by atoms with E-state index in [1.54, 1.807) is 6.92 Å². The molecule has 24 heavy (non-hydrogen) atoms. The second-order valence-corrected chi connectivity index (χ2v) is 6.64. The molecule has 0 aliphatic heterocycles. The number of hydrogen-bond donors (Lipinski definition) is 2. The summed E-state index contributed by atoms with van der Waals surface area (Å²) in [6.45, 7) is 10.0. The highest BCUT2D eigenvalue weighted by Crippen LogP contribution is 2.24. The lowest BCUT2D eigenvalue weighted by Gasteiger charge is -2.25. The summed E-state index contributed by atoms with van der Waals surface area (Å²) in [6, 6.07) is 5.65. The lowest BCUT2D eigenvalue weighted by molar-refractivity contribution is 0.0312. The van der Waals surface area contributed by atoms with Crippen LogP contribution < -0.4 is 5.32 Å². The van der Waals surface area contributed by atoms with Crippen molar-refractivity contribution >= 4 is 5.65 Å². The van der Waals surface area contributed by atoms with E-state index in [1.807, 2.05) is 49.7 Å². The van der Waals surface area contributed by atoms with Gasteiger partial charge in [0.05, 0.1) is 5.69 Å². The van der Waals surface area contributed by atoms with Gasteiger partial charge in [-0.1, -0.05) is 0 Å². The van der Waals surface area contributed by atoms with E-state index in [4.69, 9.17) is 4.42 Å². The number of nitrogens with zero attached hydrogens (tertiary/aromatic N) is 3. The van der Waals surface area contributed by atoms with Gasteiger partial charge in [0, 0.05) is 36.1 Å². The van der Waals surface area contributed by atoms with Gasteiger partial charge in [0.15, 0.2) is 5.65 Å². The van der Waals surface area contributed by atoms with Crippen molar-refractivity contribution in [3.05, 3.63) is 52.9 Å². The molecule has 2 N–H and O–H groups in total. The molecule has 0 fully saturated rings. The highest BCUT2D eigenvalue weighted by atomic mass is 16.4. The van der Waals surface area contributed by atoms with Crippen LogP contribution in [-0.2, 0) is 5.60 Å². The molecule has 6 heteroatoms. The Morgan fingerprint density at radius 2 is 2.08 bits per heavy atom. The van der Waals surface area contributed by atoms with Crippen LogP contribution in [0.5, 0.6) is 0 Å². The Morgan fingerprint density at radius 3 is 2.75 bits per heavy atom. The van der Waals surface area contributed by atoms with Gasteiger partial charge in [-0.25, -0.2) is 9.50 Å². The third kappa shape index (κ3) is 3.07. The summed E-state index contributed by atoms with van der Waals surface area (Å²) in [4.78, 5) is 4.47. The fourth-order valence-electron chi connectivity index (χ4n) is 2.87. The molecule has 0 radical (unpaired) electrons. The number of hydrogen-bond acceptors (Lipinski definition) is 5. The molecule has 3 aromatic rings. The van der Waals surface area contributed by atoms with Gasteiger partial charge in [-0.3, -0.25) is 0 Å². The molecule has 128 valence electrons. The van der Waals surface area contributed by atoms with Crippen LogP contribution in [0.1, 0.15) is 48.4 Å². The first-order valence-corrected chi connectivity index (χ1v) is 8.12. The topological polar surface area (TPSA) is 75.6 Å². The van der Waals surface area contributed by atoms with Crippen LogP contribution in [0.15, 0.2) is 28.8 Å². The summed E-state index contributed by atoms with van der Waals surface area (Å²) in [6.07, 6.45) is 1.87. The highest BCUT2D eigenvalue weighted by molar-refractivity contribution is 5.42. The normalized spacial score (nSPS) is 15.6. The molecule has 0 bridgehead atoms. The summed E-state index contributed by atoms with van der Waals surface area (Å²) in [5.41, 5.74) is 2.81. The molecule has 0 aliphatic rings. The van der Waals surface area contributed by atoms with Crippen molar-refractivity contribution in [2.45, 2.75) is 46.3 Å². The van der Waals surface area contributed by atoms with Gasteiger partial charge in [0.2, 0.25) is 0 Å². The van der Waals surface area contributed by atoms with Crippen LogP contribution in [0, 0.1) is 20.8 Å². The van der Waals surface area contributed by atoms with E-state index in [2.05, 4.69) is 22.3 Å². The number of aliphatic hydroxyl groups is 1. The lowest BCUT2D eigenvalue weighted by atomic mass is 10.0. The van der Waals surface area contributed by atoms with Crippen molar-refractivity contribution in [1.82, 2.24) is 19.9 Å². The zero-order chi connectivity index (χ0) is 17.5. The molecule has 0 saturated heterocycles. The van der Waals surface area contributed by atoms with E-state index in [0.717, 1.165) is 28.4 Å². The largest absolute Gasteiger partial charge is 0.463 e. The number of aryl methyl sites for hydroxylation is 3. The first kappa shape index (κ1) is 16.7. The fraction of sp³-hybridized carbons (Fsp3) is 0.444. The molecular formula is C18H24N4O2. The maximum atomic E-state index is 10.6. The molecule has 0 aliphatic carbocycles. The zero-order valence-electron chi connectivity index (χ0n) is 14.8. The summed E-state index contributed by atoms with van der Waals surface area (Å²) in [7, 11) is 0. The summed E-state index contributed by atoms with van der Waals surface area (Å²) >= 11 is 0. The molecule has 6 nitrogen and oxygen atoms in total. The first-order valence-electron chi connectivity index (χ1n) is 8.12. The molecule has 3 heterocycles. The van der Waals surface area contributed by atoms with E-state index in [9.17, 15) is 5.11 Å². The standard InChI is InChI=1S/C18H24N4O2/c1-11-8-17-19-9-15(14(4)22(17)21-11)13(3)20-10-18(5,23)16-7-6-12(2)24-16/h6-9,13,20,23H,10H2,1-5H3. The van der Waals surface area contributed by atoms with Crippen LogP contribution in [0.4, 0.5) is 0 Å². The third-order valence-electron chi connectivity index (χ3n) is 4.37. The van der Waals surface area contributed by atoms with E-state index >= 15 is 0 Å². The second-order valence-electron chi connectivity index (χ2n) is 6.64. The van der Waals surface area contributed by atoms with Crippen molar-refractivity contribution in [3.63, 3.8) is 0 Å². The highest BCUT2D eigenvalue weighted by Gasteiger charge is 2.27. The van der Waals surface area contributed by atoms with Gasteiger partial charge in [-0.2, -0.15) is 5.10 Å². The van der Waals surface area contributed by atoms with Crippen LogP contribution in [0.25, 0.3) is 5.65 Å². The third-order valence-corrected chi connectivity index (χ3v) is 4.37. The van der Waals surface area contributed by atoms with Crippen LogP contribution in [0.2, 0.25) is 0 Å². The Bertz CT molecular complexity index is 863. The number of fused-ring (bicyclic) bond motifs is 1. The first-order chi connectivity index (χ1) is 11.3. The fourth-order valence-corrected chi connectivity index (χ4v) is 2.87. The van der Waals surface area contributed by atoms with Gasteiger partial charge in [-0.05, 0) is 46.8 Å². The summed E-state index contributed by atoms with van der Waals surface area (Å²) in [5, 5.41) is 18.5. The van der Waals surface area contributed by atoms with Crippen molar-refractivity contribution in [2.75, 3.05) is 6.54 Å². The van der Waals surface area contributed by atoms with Crippen molar-refractivity contribution < 1.29 is 9.52 Å². The molecule has 3 aromatic heterocycles. The molecule has 0 aromatic carbocycles. The van der Waals surface area contributed by atoms with Gasteiger partial charge in [0.25, 0.3) is 0 Å². The zero-order valence-corrected chi connectivity index (χ0v) is 14.8. The van der Waals surface area contributed by atoms with Crippen molar-refractivity contribution in [2.24, 2.45) is 0 Å². The predicted molar refractivity (Wildman–Crippen MR) is 91.9 cm³/mol. The van der Waals surface area contributed by atoms with Gasteiger partial charge >= 0.3 is 0 Å². The molecule has 0 spiro atoms. The number of rotatable bonds is 5. The van der Waals surface area contributed by atoms with Gasteiger partial charge < -0.3 is 14.8 Å². The van der Waals surface area contributed by atoms with Crippen molar-refractivity contribution in [3.8, 4) is 0 Å².